The number of amides is 2. The molecule has 2 atom stereocenters. The standard InChI is InChI=1S/C28H28N4O6/c1-18-24(27(35)32(31(18)3)21-13-8-5-9-14-21)30-25(33)19(2)38-28(36)22(17-20-11-6-4-7-12-20)29-26(34)23-15-10-16-37-23/h4-16,19,22H,17H2,1-3H3,(H,29,34)(H,30,33)/t19-,22+/m1/s1. The van der Waals surface area contributed by atoms with Crippen molar-refractivity contribution in [3.05, 3.63) is 106 Å². The lowest BCUT2D eigenvalue weighted by molar-refractivity contribution is -0.155. The SMILES string of the molecule is Cc1c(NC(=O)[C@@H](C)OC(=O)[C@H](Cc2ccccc2)NC(=O)c2ccco2)c(=O)n(-c2ccccc2)n1C. The number of para-hydroxylation sites is 1. The number of rotatable bonds is 9. The number of carbonyl (C=O) groups excluding carboxylic acids is 3. The molecule has 2 amide bonds. The highest BCUT2D eigenvalue weighted by Crippen LogP contribution is 2.15. The predicted molar refractivity (Wildman–Crippen MR) is 140 cm³/mol. The van der Waals surface area contributed by atoms with Crippen molar-refractivity contribution in [2.24, 2.45) is 7.05 Å². The van der Waals surface area contributed by atoms with Crippen molar-refractivity contribution in [2.75, 3.05) is 5.32 Å². The Labute approximate surface area is 218 Å². The summed E-state index contributed by atoms with van der Waals surface area (Å²) in [5.74, 6) is -2.04. The van der Waals surface area contributed by atoms with E-state index in [0.717, 1.165) is 5.56 Å². The summed E-state index contributed by atoms with van der Waals surface area (Å²) in [5.41, 5.74) is 1.61. The normalized spacial score (nSPS) is 12.4. The molecule has 0 bridgehead atoms. The molecule has 0 aliphatic rings. The Bertz CT molecular complexity index is 1470. The van der Waals surface area contributed by atoms with Crippen molar-refractivity contribution < 1.29 is 23.5 Å². The Morgan fingerprint density at radius 1 is 0.974 bits per heavy atom. The number of aromatic nitrogens is 2. The van der Waals surface area contributed by atoms with Gasteiger partial charge < -0.3 is 19.8 Å². The molecule has 2 aromatic carbocycles. The number of nitrogens with zero attached hydrogens (tertiary/aromatic N) is 2. The summed E-state index contributed by atoms with van der Waals surface area (Å²) in [6.07, 6.45) is 0.244. The number of esters is 1. The highest BCUT2D eigenvalue weighted by atomic mass is 16.5. The number of benzene rings is 2. The van der Waals surface area contributed by atoms with E-state index in [1.54, 1.807) is 49.0 Å². The third kappa shape index (κ3) is 5.75. The van der Waals surface area contributed by atoms with Gasteiger partial charge in [-0.05, 0) is 43.7 Å². The number of hydrogen-bond acceptors (Lipinski definition) is 6. The van der Waals surface area contributed by atoms with Gasteiger partial charge in [0.15, 0.2) is 11.9 Å². The molecule has 2 heterocycles. The van der Waals surface area contributed by atoms with Crippen LogP contribution in [-0.4, -0.2) is 39.3 Å². The first kappa shape index (κ1) is 26.2. The molecule has 4 rings (SSSR count). The minimum Gasteiger partial charge on any atom is -0.459 e. The molecule has 0 fully saturated rings. The minimum atomic E-state index is -1.24. The molecular formula is C28H28N4O6. The molecule has 0 spiro atoms. The maximum absolute atomic E-state index is 13.1. The second-order valence-electron chi connectivity index (χ2n) is 8.70. The first-order chi connectivity index (χ1) is 18.3. The number of furan rings is 1. The number of carbonyl (C=O) groups is 3. The predicted octanol–water partition coefficient (Wildman–Crippen LogP) is 2.99. The molecule has 38 heavy (non-hydrogen) atoms. The summed E-state index contributed by atoms with van der Waals surface area (Å²) in [4.78, 5) is 51.7. The average Bonchev–Trinajstić information content (AvgIpc) is 3.53. The van der Waals surface area contributed by atoms with Gasteiger partial charge in [0, 0.05) is 13.5 Å². The zero-order valence-corrected chi connectivity index (χ0v) is 21.2. The van der Waals surface area contributed by atoms with Crippen LogP contribution in [0.15, 0.2) is 88.3 Å². The van der Waals surface area contributed by atoms with Crippen LogP contribution in [0, 0.1) is 6.92 Å². The second-order valence-corrected chi connectivity index (χ2v) is 8.70. The van der Waals surface area contributed by atoms with Crippen LogP contribution < -0.4 is 16.2 Å². The Morgan fingerprint density at radius 3 is 2.26 bits per heavy atom. The Morgan fingerprint density at radius 2 is 1.63 bits per heavy atom. The minimum absolute atomic E-state index is 0.0379. The van der Waals surface area contributed by atoms with Gasteiger partial charge in [0.1, 0.15) is 11.7 Å². The summed E-state index contributed by atoms with van der Waals surface area (Å²) < 4.78 is 13.6. The quantitative estimate of drug-likeness (QED) is 0.330. The largest absolute Gasteiger partial charge is 0.459 e. The van der Waals surface area contributed by atoms with E-state index in [-0.39, 0.29) is 17.9 Å². The van der Waals surface area contributed by atoms with Gasteiger partial charge in [-0.3, -0.25) is 19.1 Å². The van der Waals surface area contributed by atoms with E-state index in [9.17, 15) is 19.2 Å². The molecule has 0 aliphatic heterocycles. The van der Waals surface area contributed by atoms with E-state index in [0.29, 0.717) is 11.4 Å². The van der Waals surface area contributed by atoms with Gasteiger partial charge in [-0.15, -0.1) is 0 Å². The van der Waals surface area contributed by atoms with E-state index < -0.39 is 35.5 Å². The van der Waals surface area contributed by atoms with Gasteiger partial charge in [-0.1, -0.05) is 48.5 Å². The zero-order chi connectivity index (χ0) is 27.2. The summed E-state index contributed by atoms with van der Waals surface area (Å²) >= 11 is 0. The lowest BCUT2D eigenvalue weighted by atomic mass is 10.1. The molecule has 10 nitrogen and oxygen atoms in total. The first-order valence-corrected chi connectivity index (χ1v) is 12.0. The molecule has 0 saturated carbocycles. The molecule has 0 radical (unpaired) electrons. The van der Waals surface area contributed by atoms with Crippen LogP contribution in [0.25, 0.3) is 5.69 Å². The van der Waals surface area contributed by atoms with Gasteiger partial charge in [-0.2, -0.15) is 0 Å². The van der Waals surface area contributed by atoms with Crippen molar-refractivity contribution in [1.29, 1.82) is 0 Å². The van der Waals surface area contributed by atoms with Gasteiger partial charge in [0.2, 0.25) is 0 Å². The van der Waals surface area contributed by atoms with Crippen LogP contribution in [0.4, 0.5) is 5.69 Å². The van der Waals surface area contributed by atoms with Crippen LogP contribution in [0.2, 0.25) is 0 Å². The van der Waals surface area contributed by atoms with Crippen LogP contribution >= 0.6 is 0 Å². The van der Waals surface area contributed by atoms with Crippen molar-refractivity contribution >= 4 is 23.5 Å². The van der Waals surface area contributed by atoms with Crippen LogP contribution in [0.3, 0.4) is 0 Å². The summed E-state index contributed by atoms with van der Waals surface area (Å²) in [5, 5.41) is 5.21. The molecule has 0 aliphatic carbocycles. The molecular weight excluding hydrogens is 488 g/mol. The molecule has 2 aromatic heterocycles. The van der Waals surface area contributed by atoms with E-state index in [1.807, 2.05) is 36.4 Å². The lowest BCUT2D eigenvalue weighted by Crippen LogP contribution is -2.45. The number of nitrogens with one attached hydrogen (secondary N) is 2. The van der Waals surface area contributed by atoms with Crippen molar-refractivity contribution in [3.8, 4) is 5.69 Å². The zero-order valence-electron chi connectivity index (χ0n) is 21.2. The summed E-state index contributed by atoms with van der Waals surface area (Å²) in [6, 6.07) is 20.0. The van der Waals surface area contributed by atoms with E-state index in [2.05, 4.69) is 10.6 Å². The fourth-order valence-corrected chi connectivity index (χ4v) is 3.93. The van der Waals surface area contributed by atoms with Crippen LogP contribution in [0.1, 0.15) is 28.7 Å². The lowest BCUT2D eigenvalue weighted by Gasteiger charge is -2.20. The van der Waals surface area contributed by atoms with Gasteiger partial charge in [0.05, 0.1) is 17.6 Å². The van der Waals surface area contributed by atoms with E-state index in [1.165, 1.54) is 23.9 Å². The van der Waals surface area contributed by atoms with Crippen molar-refractivity contribution in [3.63, 3.8) is 0 Å². The molecule has 4 aromatic rings. The Kier molecular flexibility index (Phi) is 7.91. The van der Waals surface area contributed by atoms with E-state index in [4.69, 9.17) is 9.15 Å². The monoisotopic (exact) mass is 516 g/mol. The fraction of sp³-hybridized carbons (Fsp3) is 0.214. The van der Waals surface area contributed by atoms with Gasteiger partial charge >= 0.3 is 5.97 Å². The maximum atomic E-state index is 13.1. The van der Waals surface area contributed by atoms with Gasteiger partial charge in [-0.25, -0.2) is 9.48 Å². The van der Waals surface area contributed by atoms with Crippen LogP contribution in [-0.2, 0) is 27.8 Å². The smallest absolute Gasteiger partial charge is 0.329 e. The average molecular weight is 517 g/mol. The highest BCUT2D eigenvalue weighted by Gasteiger charge is 2.29. The first-order valence-electron chi connectivity index (χ1n) is 12.0. The molecule has 196 valence electrons. The summed E-state index contributed by atoms with van der Waals surface area (Å²) in [7, 11) is 1.71. The highest BCUT2D eigenvalue weighted by molar-refractivity contribution is 5.97. The molecule has 0 unspecified atom stereocenters. The number of ether oxygens (including phenoxy) is 1. The molecule has 2 N–H and O–H groups in total. The fourth-order valence-electron chi connectivity index (χ4n) is 3.93. The number of anilines is 1. The Balaban J connectivity index is 1.48. The van der Waals surface area contributed by atoms with Crippen molar-refractivity contribution in [1.82, 2.24) is 14.7 Å². The van der Waals surface area contributed by atoms with Crippen LogP contribution in [0.5, 0.6) is 0 Å². The summed E-state index contributed by atoms with van der Waals surface area (Å²) in [6.45, 7) is 3.10. The topological polar surface area (TPSA) is 125 Å². The van der Waals surface area contributed by atoms with E-state index >= 15 is 0 Å². The third-order valence-electron chi connectivity index (χ3n) is 6.08. The number of hydrogen-bond donors (Lipinski definition) is 2. The van der Waals surface area contributed by atoms with Gasteiger partial charge in [0.25, 0.3) is 17.4 Å². The molecule has 0 saturated heterocycles. The molecule has 10 heteroatoms. The third-order valence-corrected chi connectivity index (χ3v) is 6.08. The maximum Gasteiger partial charge on any atom is 0.329 e. The van der Waals surface area contributed by atoms with Crippen molar-refractivity contribution in [2.45, 2.75) is 32.4 Å². The Hall–Kier alpha value is -4.86. The second kappa shape index (κ2) is 11.5.